The fourth-order valence-electron chi connectivity index (χ4n) is 1.33. The Morgan fingerprint density at radius 2 is 1.79 bits per heavy atom. The van der Waals surface area contributed by atoms with E-state index in [1.54, 1.807) is 20.8 Å². The van der Waals surface area contributed by atoms with E-state index in [0.717, 1.165) is 5.06 Å². The number of hydrogen-bond donors (Lipinski definition) is 1. The number of carbonyl (C=O) groups is 2. The number of hydrogen-bond acceptors (Lipinski definition) is 4. The largest absolute Gasteiger partial charge is 0.444 e. The average Bonchev–Trinajstić information content (AvgIpc) is 2.24. The summed E-state index contributed by atoms with van der Waals surface area (Å²) in [7, 11) is 2.96. The van der Waals surface area contributed by atoms with Gasteiger partial charge in [-0.05, 0) is 26.7 Å². The summed E-state index contributed by atoms with van der Waals surface area (Å²) in [5.74, 6) is -0.0843. The maximum absolute atomic E-state index is 11.8. The van der Waals surface area contributed by atoms with Crippen LogP contribution in [0.25, 0.3) is 0 Å². The van der Waals surface area contributed by atoms with E-state index in [1.807, 2.05) is 13.8 Å². The van der Waals surface area contributed by atoms with Crippen LogP contribution in [0, 0.1) is 5.92 Å². The fourth-order valence-corrected chi connectivity index (χ4v) is 1.33. The van der Waals surface area contributed by atoms with Crippen molar-refractivity contribution < 1.29 is 19.2 Å². The average molecular weight is 274 g/mol. The highest BCUT2D eigenvalue weighted by molar-refractivity contribution is 5.76. The highest BCUT2D eigenvalue weighted by Gasteiger charge is 2.24. The lowest BCUT2D eigenvalue weighted by molar-refractivity contribution is -0.169. The van der Waals surface area contributed by atoms with Crippen LogP contribution in [0.4, 0.5) is 4.79 Å². The van der Waals surface area contributed by atoms with E-state index in [2.05, 4.69) is 5.32 Å². The van der Waals surface area contributed by atoms with Crippen LogP contribution >= 0.6 is 0 Å². The summed E-state index contributed by atoms with van der Waals surface area (Å²) in [5.41, 5.74) is -0.557. The molecule has 0 saturated carbocycles. The van der Waals surface area contributed by atoms with Crippen LogP contribution in [0.2, 0.25) is 0 Å². The molecule has 0 rings (SSSR count). The summed E-state index contributed by atoms with van der Waals surface area (Å²) < 4.78 is 5.18. The number of amides is 2. The van der Waals surface area contributed by atoms with Gasteiger partial charge in [0.2, 0.25) is 5.91 Å². The smallest absolute Gasteiger partial charge is 0.407 e. The second-order valence-electron chi connectivity index (χ2n) is 5.77. The molecule has 1 atom stereocenters. The lowest BCUT2D eigenvalue weighted by Crippen LogP contribution is -2.44. The highest BCUT2D eigenvalue weighted by atomic mass is 16.7. The van der Waals surface area contributed by atoms with E-state index < -0.39 is 11.7 Å². The van der Waals surface area contributed by atoms with Crippen molar-refractivity contribution >= 4 is 12.0 Å². The molecule has 0 aliphatic heterocycles. The molecule has 0 spiro atoms. The van der Waals surface area contributed by atoms with Crippen molar-refractivity contribution in [3.8, 4) is 0 Å². The molecule has 0 aromatic heterocycles. The molecule has 0 aromatic carbocycles. The zero-order valence-corrected chi connectivity index (χ0v) is 12.9. The maximum atomic E-state index is 11.8. The fraction of sp³-hybridized carbons (Fsp3) is 0.846. The van der Waals surface area contributed by atoms with Crippen molar-refractivity contribution in [2.75, 3.05) is 14.2 Å². The summed E-state index contributed by atoms with van der Waals surface area (Å²) in [4.78, 5) is 28.3. The highest BCUT2D eigenvalue weighted by Crippen LogP contribution is 2.11. The Bertz CT molecular complexity index is 310. The van der Waals surface area contributed by atoms with Crippen LogP contribution < -0.4 is 5.32 Å². The van der Waals surface area contributed by atoms with Gasteiger partial charge in [0.25, 0.3) is 0 Å². The Morgan fingerprint density at radius 1 is 1.26 bits per heavy atom. The van der Waals surface area contributed by atoms with Crippen molar-refractivity contribution in [3.63, 3.8) is 0 Å². The van der Waals surface area contributed by atoms with E-state index >= 15 is 0 Å². The lowest BCUT2D eigenvalue weighted by Gasteiger charge is -2.26. The minimum absolute atomic E-state index is 0.113. The van der Waals surface area contributed by atoms with Gasteiger partial charge in [0, 0.05) is 19.5 Å². The number of nitrogens with one attached hydrogen (secondary N) is 1. The summed E-state index contributed by atoms with van der Waals surface area (Å²) in [6.07, 6.45) is -0.347. The second-order valence-corrected chi connectivity index (χ2v) is 5.77. The molecule has 112 valence electrons. The number of alkyl carbamates (subject to hydrolysis) is 1. The molecule has 0 aliphatic rings. The molecule has 0 radical (unpaired) electrons. The van der Waals surface area contributed by atoms with Crippen molar-refractivity contribution in [1.82, 2.24) is 10.4 Å². The Morgan fingerprint density at radius 3 is 2.16 bits per heavy atom. The Kier molecular flexibility index (Phi) is 6.83. The van der Waals surface area contributed by atoms with Gasteiger partial charge >= 0.3 is 6.09 Å². The van der Waals surface area contributed by atoms with E-state index in [-0.39, 0.29) is 24.3 Å². The molecule has 0 fully saturated rings. The molecule has 0 unspecified atom stereocenters. The van der Waals surface area contributed by atoms with Crippen LogP contribution in [0.3, 0.4) is 0 Å². The number of nitrogens with zero attached hydrogens (tertiary/aromatic N) is 1. The zero-order valence-electron chi connectivity index (χ0n) is 12.9. The molecule has 0 aliphatic carbocycles. The lowest BCUT2D eigenvalue weighted by atomic mass is 10.0. The summed E-state index contributed by atoms with van der Waals surface area (Å²) in [5, 5.41) is 3.86. The van der Waals surface area contributed by atoms with Gasteiger partial charge in [-0.15, -0.1) is 0 Å². The van der Waals surface area contributed by atoms with Crippen molar-refractivity contribution in [2.24, 2.45) is 5.92 Å². The quantitative estimate of drug-likeness (QED) is 0.778. The number of rotatable bonds is 5. The van der Waals surface area contributed by atoms with Gasteiger partial charge in [-0.25, -0.2) is 9.86 Å². The summed E-state index contributed by atoms with van der Waals surface area (Å²) in [6, 6.07) is -0.292. The Hall–Kier alpha value is -1.30. The SMILES string of the molecule is CON(C)C(=O)C[C@@H](NC(=O)OC(C)(C)C)C(C)C. The first-order chi connectivity index (χ1) is 8.56. The Labute approximate surface area is 115 Å². The topological polar surface area (TPSA) is 67.9 Å². The molecular weight excluding hydrogens is 248 g/mol. The molecule has 1 N–H and O–H groups in total. The van der Waals surface area contributed by atoms with Crippen molar-refractivity contribution in [2.45, 2.75) is 52.7 Å². The molecule has 0 saturated heterocycles. The monoisotopic (exact) mass is 274 g/mol. The molecule has 6 nitrogen and oxygen atoms in total. The van der Waals surface area contributed by atoms with Crippen LogP contribution in [-0.4, -0.2) is 42.9 Å². The van der Waals surface area contributed by atoms with Gasteiger partial charge in [-0.2, -0.15) is 0 Å². The van der Waals surface area contributed by atoms with Crippen LogP contribution in [-0.2, 0) is 14.4 Å². The number of hydroxylamine groups is 2. The third-order valence-corrected chi connectivity index (χ3v) is 2.53. The maximum Gasteiger partial charge on any atom is 0.407 e. The van der Waals surface area contributed by atoms with E-state index in [4.69, 9.17) is 9.57 Å². The van der Waals surface area contributed by atoms with Gasteiger partial charge < -0.3 is 10.1 Å². The van der Waals surface area contributed by atoms with Crippen molar-refractivity contribution in [1.29, 1.82) is 0 Å². The van der Waals surface area contributed by atoms with Crippen LogP contribution in [0.15, 0.2) is 0 Å². The first-order valence-corrected chi connectivity index (χ1v) is 6.37. The first-order valence-electron chi connectivity index (χ1n) is 6.37. The van der Waals surface area contributed by atoms with Crippen molar-refractivity contribution in [3.05, 3.63) is 0 Å². The zero-order chi connectivity index (χ0) is 15.2. The molecule has 19 heavy (non-hydrogen) atoms. The normalized spacial score (nSPS) is 13.1. The molecule has 0 heterocycles. The third-order valence-electron chi connectivity index (χ3n) is 2.53. The number of ether oxygens (including phenoxy) is 1. The standard InChI is InChI=1S/C13H26N2O4/c1-9(2)10(8-11(16)15(6)18-7)14-12(17)19-13(3,4)5/h9-10H,8H2,1-7H3,(H,14,17)/t10-/m1/s1. The minimum atomic E-state index is -0.557. The van der Waals surface area contributed by atoms with Gasteiger partial charge in [0.15, 0.2) is 0 Å². The molecule has 0 aromatic rings. The first kappa shape index (κ1) is 17.7. The second kappa shape index (κ2) is 7.33. The van der Waals surface area contributed by atoms with Crippen LogP contribution in [0.1, 0.15) is 41.0 Å². The van der Waals surface area contributed by atoms with Gasteiger partial charge in [-0.1, -0.05) is 13.8 Å². The van der Waals surface area contributed by atoms with Crippen LogP contribution in [0.5, 0.6) is 0 Å². The molecule has 0 bridgehead atoms. The molecule has 2 amide bonds. The minimum Gasteiger partial charge on any atom is -0.444 e. The van der Waals surface area contributed by atoms with E-state index in [0.29, 0.717) is 0 Å². The number of carbonyl (C=O) groups excluding carboxylic acids is 2. The van der Waals surface area contributed by atoms with E-state index in [1.165, 1.54) is 14.2 Å². The summed E-state index contributed by atoms with van der Waals surface area (Å²) >= 11 is 0. The van der Waals surface area contributed by atoms with Gasteiger partial charge in [0.1, 0.15) is 5.60 Å². The summed E-state index contributed by atoms with van der Waals surface area (Å²) in [6.45, 7) is 9.24. The third kappa shape index (κ3) is 7.66. The predicted molar refractivity (Wildman–Crippen MR) is 72.4 cm³/mol. The van der Waals surface area contributed by atoms with E-state index in [9.17, 15) is 9.59 Å². The van der Waals surface area contributed by atoms with Gasteiger partial charge in [0.05, 0.1) is 7.11 Å². The molecular formula is C13H26N2O4. The predicted octanol–water partition coefficient (Wildman–Crippen LogP) is 1.95. The molecule has 6 heteroatoms. The van der Waals surface area contributed by atoms with Gasteiger partial charge in [-0.3, -0.25) is 9.63 Å². The Balaban J connectivity index is 4.51.